The molecule has 0 saturated heterocycles. The number of nitrogen functional groups attached to an aromatic ring is 1. The molecule has 0 unspecified atom stereocenters. The molecule has 3 heteroatoms. The fourth-order valence-corrected chi connectivity index (χ4v) is 1.84. The molecule has 0 fully saturated rings. The van der Waals surface area contributed by atoms with Crippen LogP contribution in [0.3, 0.4) is 0 Å². The van der Waals surface area contributed by atoms with Gasteiger partial charge in [-0.2, -0.15) is 0 Å². The van der Waals surface area contributed by atoms with Gasteiger partial charge in [0, 0.05) is 0 Å². The van der Waals surface area contributed by atoms with Crippen molar-refractivity contribution in [2.75, 3.05) is 5.73 Å². The van der Waals surface area contributed by atoms with E-state index in [2.05, 4.69) is 20.8 Å². The number of anilines is 1. The van der Waals surface area contributed by atoms with E-state index in [0.717, 1.165) is 0 Å². The van der Waals surface area contributed by atoms with E-state index in [4.69, 9.17) is 10.5 Å². The van der Waals surface area contributed by atoms with Crippen molar-refractivity contribution < 1.29 is 9.53 Å². The van der Waals surface area contributed by atoms with Crippen LogP contribution in [0.2, 0.25) is 0 Å². The van der Waals surface area contributed by atoms with Crippen LogP contribution in [0.25, 0.3) is 0 Å². The summed E-state index contributed by atoms with van der Waals surface area (Å²) in [5, 5.41) is 0. The fraction of sp³-hybridized carbons (Fsp3) is 0.235. The molecule has 20 heavy (non-hydrogen) atoms. The Morgan fingerprint density at radius 2 is 1.60 bits per heavy atom. The van der Waals surface area contributed by atoms with Crippen molar-refractivity contribution in [1.29, 1.82) is 0 Å². The number of carbonyl (C=O) groups excluding carboxylic acids is 1. The fourth-order valence-electron chi connectivity index (χ4n) is 1.84. The van der Waals surface area contributed by atoms with Crippen LogP contribution in [0.5, 0.6) is 5.75 Å². The van der Waals surface area contributed by atoms with Crippen molar-refractivity contribution in [1.82, 2.24) is 0 Å². The van der Waals surface area contributed by atoms with Crippen molar-refractivity contribution in [3.05, 3.63) is 59.7 Å². The first kappa shape index (κ1) is 14.1. The highest BCUT2D eigenvalue weighted by Crippen LogP contribution is 2.24. The standard InChI is InChI=1S/C17H19NO2/c1-17(2,3)13-10-8-12(9-11-13)16(19)20-15-7-5-4-6-14(15)18/h4-11H,18H2,1-3H3. The van der Waals surface area contributed by atoms with E-state index >= 15 is 0 Å². The van der Waals surface area contributed by atoms with E-state index in [9.17, 15) is 4.79 Å². The van der Waals surface area contributed by atoms with Crippen LogP contribution in [-0.4, -0.2) is 5.97 Å². The first-order valence-electron chi connectivity index (χ1n) is 6.55. The molecule has 0 aliphatic carbocycles. The number of carbonyl (C=O) groups is 1. The normalized spacial score (nSPS) is 11.2. The van der Waals surface area contributed by atoms with Gasteiger partial charge in [0.15, 0.2) is 5.75 Å². The quantitative estimate of drug-likeness (QED) is 0.512. The Morgan fingerprint density at radius 1 is 1.00 bits per heavy atom. The third kappa shape index (κ3) is 3.18. The maximum absolute atomic E-state index is 12.0. The highest BCUT2D eigenvalue weighted by Gasteiger charge is 2.15. The molecule has 2 rings (SSSR count). The number of ether oxygens (including phenoxy) is 1. The SMILES string of the molecule is CC(C)(C)c1ccc(C(=O)Oc2ccccc2N)cc1. The molecule has 2 aromatic carbocycles. The number of nitrogens with two attached hydrogens (primary N) is 1. The van der Waals surface area contributed by atoms with Gasteiger partial charge < -0.3 is 10.5 Å². The number of esters is 1. The van der Waals surface area contributed by atoms with Gasteiger partial charge in [0.1, 0.15) is 0 Å². The van der Waals surface area contributed by atoms with Gasteiger partial charge in [0.25, 0.3) is 0 Å². The van der Waals surface area contributed by atoms with E-state index < -0.39 is 5.97 Å². The Balaban J connectivity index is 2.16. The lowest BCUT2D eigenvalue weighted by molar-refractivity contribution is 0.0736. The zero-order valence-electron chi connectivity index (χ0n) is 12.0. The van der Waals surface area contributed by atoms with Gasteiger partial charge in [-0.05, 0) is 35.2 Å². The molecule has 104 valence electrons. The predicted octanol–water partition coefficient (Wildman–Crippen LogP) is 3.79. The van der Waals surface area contributed by atoms with Crippen LogP contribution >= 0.6 is 0 Å². The van der Waals surface area contributed by atoms with Crippen molar-refractivity contribution >= 4 is 11.7 Å². The van der Waals surface area contributed by atoms with Gasteiger partial charge in [-0.3, -0.25) is 0 Å². The van der Waals surface area contributed by atoms with Gasteiger partial charge >= 0.3 is 5.97 Å². The maximum Gasteiger partial charge on any atom is 0.343 e. The summed E-state index contributed by atoms with van der Waals surface area (Å²) in [7, 11) is 0. The van der Waals surface area contributed by atoms with Crippen LogP contribution in [-0.2, 0) is 5.41 Å². The number of para-hydroxylation sites is 2. The molecule has 0 aromatic heterocycles. The topological polar surface area (TPSA) is 52.3 Å². The molecular weight excluding hydrogens is 250 g/mol. The van der Waals surface area contributed by atoms with Gasteiger partial charge in [-0.15, -0.1) is 0 Å². The molecule has 0 aliphatic rings. The Labute approximate surface area is 119 Å². The van der Waals surface area contributed by atoms with Crippen LogP contribution < -0.4 is 10.5 Å². The summed E-state index contributed by atoms with van der Waals surface area (Å²) in [6.07, 6.45) is 0. The van der Waals surface area contributed by atoms with Crippen molar-refractivity contribution in [3.8, 4) is 5.75 Å². The lowest BCUT2D eigenvalue weighted by Gasteiger charge is -2.18. The van der Waals surface area contributed by atoms with E-state index in [-0.39, 0.29) is 5.41 Å². The van der Waals surface area contributed by atoms with Crippen LogP contribution in [0, 0.1) is 0 Å². The molecule has 0 saturated carbocycles. The van der Waals surface area contributed by atoms with Gasteiger partial charge in [0.2, 0.25) is 0 Å². The number of benzene rings is 2. The maximum atomic E-state index is 12.0. The van der Waals surface area contributed by atoms with Crippen molar-refractivity contribution in [2.45, 2.75) is 26.2 Å². The Bertz CT molecular complexity index is 610. The molecule has 0 radical (unpaired) electrons. The zero-order chi connectivity index (χ0) is 14.8. The summed E-state index contributed by atoms with van der Waals surface area (Å²) in [5.41, 5.74) is 7.95. The number of rotatable bonds is 2. The first-order chi connectivity index (χ1) is 9.38. The minimum absolute atomic E-state index is 0.0618. The molecule has 0 atom stereocenters. The zero-order valence-corrected chi connectivity index (χ0v) is 12.0. The summed E-state index contributed by atoms with van der Waals surface area (Å²) < 4.78 is 5.29. The second-order valence-corrected chi connectivity index (χ2v) is 5.75. The van der Waals surface area contributed by atoms with E-state index in [1.165, 1.54) is 5.56 Å². The summed E-state index contributed by atoms with van der Waals surface area (Å²) >= 11 is 0. The van der Waals surface area contributed by atoms with Gasteiger partial charge in [-0.1, -0.05) is 45.0 Å². The average molecular weight is 269 g/mol. The van der Waals surface area contributed by atoms with E-state index in [1.54, 1.807) is 36.4 Å². The molecular formula is C17H19NO2. The summed E-state index contributed by atoms with van der Waals surface area (Å²) in [4.78, 5) is 12.0. The smallest absolute Gasteiger partial charge is 0.343 e. The summed E-state index contributed by atoms with van der Waals surface area (Å²) in [6, 6.07) is 14.4. The lowest BCUT2D eigenvalue weighted by Crippen LogP contribution is -2.13. The van der Waals surface area contributed by atoms with Crippen LogP contribution in [0.4, 0.5) is 5.69 Å². The molecule has 2 aromatic rings. The average Bonchev–Trinajstić information content (AvgIpc) is 2.40. The minimum atomic E-state index is -0.400. The lowest BCUT2D eigenvalue weighted by atomic mass is 9.87. The first-order valence-corrected chi connectivity index (χ1v) is 6.55. The number of hydrogen-bond donors (Lipinski definition) is 1. The van der Waals surface area contributed by atoms with Crippen LogP contribution in [0.15, 0.2) is 48.5 Å². The molecule has 0 heterocycles. The Morgan fingerprint density at radius 3 is 2.15 bits per heavy atom. The third-order valence-electron chi connectivity index (χ3n) is 3.11. The monoisotopic (exact) mass is 269 g/mol. The minimum Gasteiger partial charge on any atom is -0.421 e. The molecule has 3 nitrogen and oxygen atoms in total. The number of hydrogen-bond acceptors (Lipinski definition) is 3. The predicted molar refractivity (Wildman–Crippen MR) is 81.0 cm³/mol. The van der Waals surface area contributed by atoms with Gasteiger partial charge in [-0.25, -0.2) is 4.79 Å². The van der Waals surface area contributed by atoms with E-state index in [1.807, 2.05) is 12.1 Å². The highest BCUT2D eigenvalue weighted by atomic mass is 16.5. The Kier molecular flexibility index (Phi) is 3.79. The molecule has 2 N–H and O–H groups in total. The second kappa shape index (κ2) is 5.37. The largest absolute Gasteiger partial charge is 0.421 e. The third-order valence-corrected chi connectivity index (χ3v) is 3.11. The van der Waals surface area contributed by atoms with E-state index in [0.29, 0.717) is 17.0 Å². The van der Waals surface area contributed by atoms with Crippen molar-refractivity contribution in [3.63, 3.8) is 0 Å². The summed E-state index contributed by atoms with van der Waals surface area (Å²) in [6.45, 7) is 6.39. The highest BCUT2D eigenvalue weighted by molar-refractivity contribution is 5.91. The second-order valence-electron chi connectivity index (χ2n) is 5.75. The molecule has 0 aliphatic heterocycles. The van der Waals surface area contributed by atoms with Crippen LogP contribution in [0.1, 0.15) is 36.7 Å². The van der Waals surface area contributed by atoms with Gasteiger partial charge in [0.05, 0.1) is 11.3 Å². The van der Waals surface area contributed by atoms with Crippen molar-refractivity contribution in [2.24, 2.45) is 0 Å². The summed E-state index contributed by atoms with van der Waals surface area (Å²) in [5.74, 6) is -0.0132. The Hall–Kier alpha value is -2.29. The molecule has 0 amide bonds. The molecule has 0 bridgehead atoms. The molecule has 0 spiro atoms.